The number of nitrogen functional groups attached to an aromatic ring is 1. The van der Waals surface area contributed by atoms with Gasteiger partial charge in [0, 0.05) is 27.8 Å². The molecule has 0 atom stereocenters. The molecule has 3 N–H and O–H groups in total. The van der Waals surface area contributed by atoms with Crippen molar-refractivity contribution in [2.24, 2.45) is 0 Å². The number of methoxy groups -OCH3 is 1. The van der Waals surface area contributed by atoms with Gasteiger partial charge in [-0.1, -0.05) is 48.0 Å². The average molecular weight is 536 g/mol. The van der Waals surface area contributed by atoms with Crippen molar-refractivity contribution in [1.29, 1.82) is 0 Å². The first-order valence-corrected chi connectivity index (χ1v) is 12.9. The van der Waals surface area contributed by atoms with Crippen molar-refractivity contribution in [1.82, 2.24) is 10.3 Å². The van der Waals surface area contributed by atoms with Gasteiger partial charge >= 0.3 is 11.6 Å². The molecule has 0 spiro atoms. The second kappa shape index (κ2) is 9.70. The Balaban J connectivity index is 1.54. The predicted molar refractivity (Wildman–Crippen MR) is 149 cm³/mol. The van der Waals surface area contributed by atoms with E-state index in [2.05, 4.69) is 5.27 Å². The Bertz CT molecular complexity index is 1830. The monoisotopic (exact) mass is 535 g/mol. The number of carbonyl (C=O) groups excluding carboxylic acids is 1. The molecule has 6 rings (SSSR count). The largest absolute Gasteiger partial charge is 0.497 e. The van der Waals surface area contributed by atoms with Gasteiger partial charge in [0.2, 0.25) is 11.0 Å². The number of benzene rings is 3. The molecule has 0 radical (unpaired) electrons. The van der Waals surface area contributed by atoms with E-state index >= 15 is 0 Å². The predicted octanol–water partition coefficient (Wildman–Crippen LogP) is 5.73. The maximum atomic E-state index is 13.9. The van der Waals surface area contributed by atoms with Crippen LogP contribution in [0.1, 0.15) is 20.9 Å². The number of fused-ring (bicyclic) bond motifs is 1. The number of nitrogens with two attached hydrogens (primary N) is 1. The number of aromatic hydroxyl groups is 1. The third kappa shape index (κ3) is 4.28. The van der Waals surface area contributed by atoms with Gasteiger partial charge in [-0.25, -0.2) is 4.98 Å². The van der Waals surface area contributed by atoms with Crippen LogP contribution in [0.25, 0.3) is 38.3 Å². The van der Waals surface area contributed by atoms with E-state index < -0.39 is 11.7 Å². The van der Waals surface area contributed by atoms with Crippen LogP contribution in [0.2, 0.25) is 0 Å². The van der Waals surface area contributed by atoms with E-state index in [1.54, 1.807) is 19.2 Å². The zero-order valence-electron chi connectivity index (χ0n) is 21.1. The number of pyridine rings is 1. The van der Waals surface area contributed by atoms with Gasteiger partial charge in [0.25, 0.3) is 5.78 Å². The van der Waals surface area contributed by atoms with Gasteiger partial charge in [0.05, 0.1) is 18.5 Å². The lowest BCUT2D eigenvalue weighted by Crippen LogP contribution is -2.38. The molecule has 0 fully saturated rings. The average Bonchev–Trinajstić information content (AvgIpc) is 3.52. The molecule has 0 aliphatic heterocycles. The number of thiophene rings is 1. The Morgan fingerprint density at radius 3 is 2.41 bits per heavy atom. The van der Waals surface area contributed by atoms with E-state index in [9.17, 15) is 9.90 Å². The van der Waals surface area contributed by atoms with Crippen molar-refractivity contribution in [3.63, 3.8) is 0 Å². The Labute approximate surface area is 227 Å². The van der Waals surface area contributed by atoms with Crippen LogP contribution in [0.3, 0.4) is 0 Å². The van der Waals surface area contributed by atoms with Crippen molar-refractivity contribution in [2.75, 3.05) is 12.8 Å². The fraction of sp³-hybridized carbons (Fsp3) is 0.0667. The number of hydrogen-bond donors (Lipinski definition) is 2. The van der Waals surface area contributed by atoms with Crippen molar-refractivity contribution in [3.05, 3.63) is 101 Å². The van der Waals surface area contributed by atoms with Crippen LogP contribution in [0.4, 0.5) is 5.69 Å². The highest BCUT2D eigenvalue weighted by molar-refractivity contribution is 7.21. The normalized spacial score (nSPS) is 11.1. The van der Waals surface area contributed by atoms with Crippen molar-refractivity contribution in [2.45, 2.75) is 6.92 Å². The summed E-state index contributed by atoms with van der Waals surface area (Å²) in [5.74, 6) is -0.362. The third-order valence-electron chi connectivity index (χ3n) is 6.49. The number of nitrogens with zero attached hydrogens (tertiary/aromatic N) is 3. The summed E-state index contributed by atoms with van der Waals surface area (Å²) in [7, 11) is 1.62. The molecule has 3 aromatic heterocycles. The molecule has 0 aliphatic carbocycles. The van der Waals surface area contributed by atoms with Crippen LogP contribution in [-0.2, 0) is 0 Å². The van der Waals surface area contributed by atoms with Gasteiger partial charge in [-0.3, -0.25) is 9.32 Å². The first kappa shape index (κ1) is 24.3. The maximum absolute atomic E-state index is 13.9. The van der Waals surface area contributed by atoms with Crippen LogP contribution in [0.5, 0.6) is 11.7 Å². The van der Waals surface area contributed by atoms with E-state index in [1.165, 1.54) is 16.0 Å². The summed E-state index contributed by atoms with van der Waals surface area (Å²) in [5, 5.41) is 15.0. The van der Waals surface area contributed by atoms with Crippen LogP contribution in [-0.4, -0.2) is 28.3 Å². The Hall–Kier alpha value is -5.02. The van der Waals surface area contributed by atoms with E-state index in [0.29, 0.717) is 15.9 Å². The first-order chi connectivity index (χ1) is 18.9. The summed E-state index contributed by atoms with van der Waals surface area (Å²) in [6, 6.07) is 26.7. The number of aromatic nitrogens is 3. The lowest BCUT2D eigenvalue weighted by molar-refractivity contribution is -0.672. The second-order valence-electron chi connectivity index (χ2n) is 8.98. The molecule has 3 heterocycles. The van der Waals surface area contributed by atoms with E-state index in [1.807, 2.05) is 79.7 Å². The minimum absolute atomic E-state index is 0.117. The van der Waals surface area contributed by atoms with Gasteiger partial charge in [-0.15, -0.1) is 11.3 Å². The summed E-state index contributed by atoms with van der Waals surface area (Å²) >= 11 is 1.17. The molecule has 6 aromatic rings. The van der Waals surface area contributed by atoms with Crippen molar-refractivity contribution in [3.8, 4) is 39.8 Å². The zero-order valence-corrected chi connectivity index (χ0v) is 21.9. The molecule has 8 nitrogen and oxygen atoms in total. The molecule has 3 aromatic carbocycles. The summed E-state index contributed by atoms with van der Waals surface area (Å²) < 4.78 is 11.6. The van der Waals surface area contributed by atoms with E-state index in [-0.39, 0.29) is 16.3 Å². The van der Waals surface area contributed by atoms with Gasteiger partial charge in [0.15, 0.2) is 0 Å². The van der Waals surface area contributed by atoms with Gasteiger partial charge < -0.3 is 15.6 Å². The summed E-state index contributed by atoms with van der Waals surface area (Å²) in [4.78, 5) is 19.6. The van der Waals surface area contributed by atoms with E-state index in [4.69, 9.17) is 20.0 Å². The summed E-state index contributed by atoms with van der Waals surface area (Å²) in [5.41, 5.74) is 11.8. The second-order valence-corrected chi connectivity index (χ2v) is 9.98. The van der Waals surface area contributed by atoms with Crippen molar-refractivity contribution >= 4 is 33.0 Å². The first-order valence-electron chi connectivity index (χ1n) is 12.1. The quantitative estimate of drug-likeness (QED) is 0.207. The highest BCUT2D eigenvalue weighted by Crippen LogP contribution is 2.42. The molecule has 39 heavy (non-hydrogen) atoms. The Morgan fingerprint density at radius 2 is 1.72 bits per heavy atom. The number of carbonyl (C=O) groups is 1. The third-order valence-corrected chi connectivity index (χ3v) is 7.59. The number of rotatable bonds is 6. The Morgan fingerprint density at radius 1 is 1.00 bits per heavy atom. The molecule has 0 saturated heterocycles. The van der Waals surface area contributed by atoms with Gasteiger partial charge in [-0.2, -0.15) is 0 Å². The molecule has 192 valence electrons. The van der Waals surface area contributed by atoms with Crippen LogP contribution >= 0.6 is 11.3 Å². The van der Waals surface area contributed by atoms with Crippen LogP contribution in [0, 0.1) is 6.92 Å². The highest BCUT2D eigenvalue weighted by atomic mass is 32.1. The minimum atomic E-state index is -0.590. The topological polar surface area (TPSA) is 115 Å². The highest BCUT2D eigenvalue weighted by Gasteiger charge is 2.37. The molecular formula is C30H23N4O4S+. The zero-order chi connectivity index (χ0) is 27.1. The maximum Gasteiger partial charge on any atom is 0.393 e. The Kier molecular flexibility index (Phi) is 6.05. The molecule has 0 saturated carbocycles. The molecule has 0 aliphatic rings. The number of hydrogen-bond acceptors (Lipinski definition) is 8. The minimum Gasteiger partial charge on any atom is -0.497 e. The van der Waals surface area contributed by atoms with Gasteiger partial charge in [0.1, 0.15) is 15.5 Å². The molecule has 0 bridgehead atoms. The fourth-order valence-corrected chi connectivity index (χ4v) is 5.52. The van der Waals surface area contributed by atoms with Gasteiger partial charge in [-0.05, 0) is 48.4 Å². The summed E-state index contributed by atoms with van der Waals surface area (Å²) in [6.45, 7) is 1.95. The van der Waals surface area contributed by atoms with E-state index in [0.717, 1.165) is 33.7 Å². The SMILES string of the molecule is COc1ccc(-c2cc(-c3ccccc3)c3c(N)c(C(=O)c4c(O)on[n+]4-c4ccc(C)cc4)sc3n2)cc1. The molecular weight excluding hydrogens is 512 g/mol. The van der Waals surface area contributed by atoms with Crippen molar-refractivity contribution < 1.29 is 23.8 Å². The molecule has 0 unspecified atom stereocenters. The fourth-order valence-electron chi connectivity index (χ4n) is 4.46. The number of aryl methyl sites for hydroxylation is 1. The number of ketones is 1. The lowest BCUT2D eigenvalue weighted by Gasteiger charge is -2.09. The number of ether oxygens (including phenoxy) is 1. The standard InChI is InChI=1S/C30H22N4O4S/c1-17-8-12-20(13-9-17)34-26(30(36)38-33-34)27(35)28-25(31)24-22(18-6-4-3-5-7-18)16-23(32-29(24)39-28)19-10-14-21(37-2)15-11-19/h3-16H,1-2H3,(H2-,31,33,35,36)/p+1. The molecule has 0 amide bonds. The van der Waals surface area contributed by atoms with Crippen LogP contribution in [0.15, 0.2) is 89.5 Å². The molecule has 9 heteroatoms. The smallest absolute Gasteiger partial charge is 0.393 e. The van der Waals surface area contributed by atoms with Crippen LogP contribution < -0.4 is 15.2 Å². The summed E-state index contributed by atoms with van der Waals surface area (Å²) in [6.07, 6.45) is 0. The number of anilines is 1. The lowest BCUT2D eigenvalue weighted by atomic mass is 9.99.